The van der Waals surface area contributed by atoms with Crippen molar-refractivity contribution in [1.82, 2.24) is 15.5 Å². The summed E-state index contributed by atoms with van der Waals surface area (Å²) in [7, 11) is 0. The number of carbonyl (C=O) groups excluding carboxylic acids is 1. The van der Waals surface area contributed by atoms with E-state index in [1.165, 1.54) is 11.8 Å². The van der Waals surface area contributed by atoms with Gasteiger partial charge in [0.15, 0.2) is 0 Å². The third-order valence-corrected chi connectivity index (χ3v) is 3.09. The third-order valence-electron chi connectivity index (χ3n) is 2.39. The van der Waals surface area contributed by atoms with Crippen LogP contribution in [0.25, 0.3) is 0 Å². The number of aromatic nitrogens is 2. The number of alkyl carbamates (subject to hydrolysis) is 1. The number of amides is 1. The molecule has 0 saturated carbocycles. The van der Waals surface area contributed by atoms with E-state index in [4.69, 9.17) is 9.15 Å². The van der Waals surface area contributed by atoms with Gasteiger partial charge in [-0.3, -0.25) is 0 Å². The maximum atomic E-state index is 11.9. The molecule has 6 nitrogen and oxygen atoms in total. The van der Waals surface area contributed by atoms with E-state index in [-0.39, 0.29) is 6.04 Å². The maximum Gasteiger partial charge on any atom is 0.408 e. The van der Waals surface area contributed by atoms with Crippen LogP contribution in [0.3, 0.4) is 0 Å². The van der Waals surface area contributed by atoms with Gasteiger partial charge in [0.2, 0.25) is 5.89 Å². The van der Waals surface area contributed by atoms with Crippen LogP contribution in [0.1, 0.15) is 59.9 Å². The Morgan fingerprint density at radius 2 is 2.05 bits per heavy atom. The zero-order chi connectivity index (χ0) is 16.0. The first kappa shape index (κ1) is 17.8. The van der Waals surface area contributed by atoms with E-state index < -0.39 is 11.7 Å². The molecule has 1 aromatic rings. The Hall–Kier alpha value is -1.24. The first-order chi connectivity index (χ1) is 9.71. The van der Waals surface area contributed by atoms with Crippen LogP contribution < -0.4 is 5.32 Å². The SMILES string of the molecule is CCSc1nnc([C@H](CC(C)C)NC(=O)OC(C)(C)C)o1. The fraction of sp³-hybridized carbons (Fsp3) is 0.786. The van der Waals surface area contributed by atoms with Gasteiger partial charge in [-0.2, -0.15) is 0 Å². The van der Waals surface area contributed by atoms with Crippen molar-refractivity contribution in [2.75, 3.05) is 5.75 Å². The number of rotatable bonds is 6. The molecule has 0 saturated heterocycles. The van der Waals surface area contributed by atoms with Crippen LogP contribution in [0.2, 0.25) is 0 Å². The predicted molar refractivity (Wildman–Crippen MR) is 82.3 cm³/mol. The van der Waals surface area contributed by atoms with E-state index in [2.05, 4.69) is 29.4 Å². The van der Waals surface area contributed by atoms with E-state index in [9.17, 15) is 4.79 Å². The molecular weight excluding hydrogens is 290 g/mol. The van der Waals surface area contributed by atoms with Gasteiger partial charge in [0.25, 0.3) is 5.22 Å². The molecule has 1 rings (SSSR count). The highest BCUT2D eigenvalue weighted by atomic mass is 32.2. The lowest BCUT2D eigenvalue weighted by Crippen LogP contribution is -2.35. The minimum absolute atomic E-state index is 0.335. The van der Waals surface area contributed by atoms with Gasteiger partial charge in [-0.25, -0.2) is 4.79 Å². The van der Waals surface area contributed by atoms with Gasteiger partial charge in [-0.05, 0) is 38.9 Å². The number of hydrogen-bond donors (Lipinski definition) is 1. The Morgan fingerprint density at radius 3 is 2.57 bits per heavy atom. The second-order valence-electron chi connectivity index (χ2n) is 6.17. The average molecular weight is 315 g/mol. The molecule has 1 heterocycles. The van der Waals surface area contributed by atoms with Gasteiger partial charge in [0, 0.05) is 0 Å². The average Bonchev–Trinajstić information content (AvgIpc) is 2.74. The van der Waals surface area contributed by atoms with E-state index in [0.29, 0.717) is 23.5 Å². The van der Waals surface area contributed by atoms with Crippen molar-refractivity contribution >= 4 is 17.9 Å². The lowest BCUT2D eigenvalue weighted by atomic mass is 10.0. The monoisotopic (exact) mass is 315 g/mol. The van der Waals surface area contributed by atoms with Crippen LogP contribution in [-0.4, -0.2) is 27.6 Å². The summed E-state index contributed by atoms with van der Waals surface area (Å²) in [5, 5.41) is 11.3. The fourth-order valence-corrected chi connectivity index (χ4v) is 2.18. The summed E-state index contributed by atoms with van der Waals surface area (Å²) in [6.07, 6.45) is 0.230. The Kier molecular flexibility index (Phi) is 6.51. The number of hydrogen-bond acceptors (Lipinski definition) is 6. The van der Waals surface area contributed by atoms with E-state index >= 15 is 0 Å². The Morgan fingerprint density at radius 1 is 1.38 bits per heavy atom. The molecule has 0 aliphatic carbocycles. The number of thioether (sulfide) groups is 1. The molecule has 0 radical (unpaired) electrons. The van der Waals surface area contributed by atoms with Crippen molar-refractivity contribution in [3.8, 4) is 0 Å². The van der Waals surface area contributed by atoms with Gasteiger partial charge in [0.1, 0.15) is 11.6 Å². The zero-order valence-electron chi connectivity index (χ0n) is 13.6. The van der Waals surface area contributed by atoms with Gasteiger partial charge in [-0.15, -0.1) is 10.2 Å². The van der Waals surface area contributed by atoms with Crippen molar-refractivity contribution in [3.05, 3.63) is 5.89 Å². The molecule has 1 N–H and O–H groups in total. The molecule has 0 fully saturated rings. The number of ether oxygens (including phenoxy) is 1. The van der Waals surface area contributed by atoms with Crippen LogP contribution in [0, 0.1) is 5.92 Å². The first-order valence-electron chi connectivity index (χ1n) is 7.17. The quantitative estimate of drug-likeness (QED) is 0.805. The normalized spacial score (nSPS) is 13.3. The molecule has 0 aliphatic rings. The van der Waals surface area contributed by atoms with Crippen LogP contribution in [0.15, 0.2) is 9.64 Å². The number of nitrogens with one attached hydrogen (secondary N) is 1. The summed E-state index contributed by atoms with van der Waals surface area (Å²) in [6.45, 7) is 11.6. The number of nitrogens with zero attached hydrogens (tertiary/aromatic N) is 2. The van der Waals surface area contributed by atoms with Gasteiger partial charge in [0.05, 0.1) is 0 Å². The predicted octanol–water partition coefficient (Wildman–Crippen LogP) is 3.79. The van der Waals surface area contributed by atoms with E-state index in [1.807, 2.05) is 27.7 Å². The summed E-state index contributed by atoms with van der Waals surface area (Å²) >= 11 is 1.48. The smallest absolute Gasteiger partial charge is 0.408 e. The van der Waals surface area contributed by atoms with Crippen LogP contribution in [0.5, 0.6) is 0 Å². The second-order valence-corrected chi connectivity index (χ2v) is 7.38. The zero-order valence-corrected chi connectivity index (χ0v) is 14.4. The summed E-state index contributed by atoms with van der Waals surface area (Å²) in [6, 6.07) is -0.335. The molecular formula is C14H25N3O3S. The van der Waals surface area contributed by atoms with Crippen LogP contribution in [-0.2, 0) is 4.74 Å². The molecule has 0 spiro atoms. The highest BCUT2D eigenvalue weighted by Gasteiger charge is 2.25. The van der Waals surface area contributed by atoms with Gasteiger partial charge in [-0.1, -0.05) is 32.5 Å². The number of carbonyl (C=O) groups is 1. The minimum Gasteiger partial charge on any atom is -0.444 e. The van der Waals surface area contributed by atoms with Gasteiger partial charge < -0.3 is 14.5 Å². The van der Waals surface area contributed by atoms with Crippen LogP contribution >= 0.6 is 11.8 Å². The lowest BCUT2D eigenvalue weighted by Gasteiger charge is -2.22. The lowest BCUT2D eigenvalue weighted by molar-refractivity contribution is 0.0487. The third kappa shape index (κ3) is 6.84. The topological polar surface area (TPSA) is 77.2 Å². The van der Waals surface area contributed by atoms with E-state index in [0.717, 1.165) is 5.75 Å². The molecule has 0 bridgehead atoms. The van der Waals surface area contributed by atoms with Crippen molar-refractivity contribution in [1.29, 1.82) is 0 Å². The summed E-state index contributed by atoms with van der Waals surface area (Å²) < 4.78 is 10.9. The first-order valence-corrected chi connectivity index (χ1v) is 8.15. The molecule has 1 atom stereocenters. The Balaban J connectivity index is 2.77. The molecule has 1 aromatic heterocycles. The van der Waals surface area contributed by atoms with Gasteiger partial charge >= 0.3 is 6.09 Å². The van der Waals surface area contributed by atoms with E-state index in [1.54, 1.807) is 0 Å². The molecule has 0 unspecified atom stereocenters. The Bertz CT molecular complexity index is 455. The summed E-state index contributed by atoms with van der Waals surface area (Å²) in [5.74, 6) is 1.65. The van der Waals surface area contributed by atoms with Crippen molar-refractivity contribution in [3.63, 3.8) is 0 Å². The molecule has 1 amide bonds. The summed E-state index contributed by atoms with van der Waals surface area (Å²) in [5.41, 5.74) is -0.537. The molecule has 7 heteroatoms. The van der Waals surface area contributed by atoms with Crippen LogP contribution in [0.4, 0.5) is 4.79 Å². The van der Waals surface area contributed by atoms with Crippen molar-refractivity contribution in [2.24, 2.45) is 5.92 Å². The minimum atomic E-state index is -0.537. The largest absolute Gasteiger partial charge is 0.444 e. The molecule has 0 aromatic carbocycles. The Labute approximate surface area is 130 Å². The highest BCUT2D eigenvalue weighted by Crippen LogP contribution is 2.24. The van der Waals surface area contributed by atoms with Crippen molar-refractivity contribution < 1.29 is 13.9 Å². The molecule has 21 heavy (non-hydrogen) atoms. The fourth-order valence-electron chi connectivity index (χ4n) is 1.69. The summed E-state index contributed by atoms with van der Waals surface area (Å²) in [4.78, 5) is 11.9. The molecule has 120 valence electrons. The van der Waals surface area contributed by atoms with Crippen molar-refractivity contribution in [2.45, 2.75) is 64.8 Å². The molecule has 0 aliphatic heterocycles. The maximum absolute atomic E-state index is 11.9. The second kappa shape index (κ2) is 7.68. The highest BCUT2D eigenvalue weighted by molar-refractivity contribution is 7.99. The standard InChI is InChI=1S/C14H25N3O3S/c1-7-21-13-17-16-11(19-13)10(8-9(2)3)15-12(18)20-14(4,5)6/h9-10H,7-8H2,1-6H3,(H,15,18)/t10-/m0/s1.